The number of ether oxygens (including phenoxy) is 1. The first-order chi connectivity index (χ1) is 9.02. The highest BCUT2D eigenvalue weighted by atomic mass is 16.5. The standard InChI is InChI=1S/C17H27NO/c1-13-11-17(2,3)12-16(13)18-15-8-6-5-7-14(15)9-10-19-4/h5-8,13,16,18H,9-12H2,1-4H3. The molecular weight excluding hydrogens is 234 g/mol. The molecule has 2 unspecified atom stereocenters. The van der Waals surface area contributed by atoms with Crippen molar-refractivity contribution in [2.75, 3.05) is 19.0 Å². The predicted octanol–water partition coefficient (Wildman–Crippen LogP) is 4.11. The van der Waals surface area contributed by atoms with Crippen LogP contribution in [0.1, 0.15) is 39.2 Å². The van der Waals surface area contributed by atoms with Crippen LogP contribution in [0.3, 0.4) is 0 Å². The maximum absolute atomic E-state index is 5.20. The molecule has 1 aliphatic carbocycles. The van der Waals surface area contributed by atoms with E-state index in [4.69, 9.17) is 4.74 Å². The Morgan fingerprint density at radius 1 is 1.26 bits per heavy atom. The lowest BCUT2D eigenvalue weighted by molar-refractivity contribution is 0.202. The van der Waals surface area contributed by atoms with Gasteiger partial charge in [-0.25, -0.2) is 0 Å². The summed E-state index contributed by atoms with van der Waals surface area (Å²) in [4.78, 5) is 0. The van der Waals surface area contributed by atoms with Crippen LogP contribution in [-0.4, -0.2) is 19.8 Å². The number of benzene rings is 1. The summed E-state index contributed by atoms with van der Waals surface area (Å²) in [7, 11) is 1.76. The van der Waals surface area contributed by atoms with Crippen molar-refractivity contribution >= 4 is 5.69 Å². The van der Waals surface area contributed by atoms with Crippen LogP contribution in [0.5, 0.6) is 0 Å². The molecule has 1 aromatic carbocycles. The van der Waals surface area contributed by atoms with Gasteiger partial charge in [-0.3, -0.25) is 0 Å². The number of nitrogens with one attached hydrogen (secondary N) is 1. The zero-order valence-electron chi connectivity index (χ0n) is 12.7. The molecular formula is C17H27NO. The molecule has 0 spiro atoms. The Morgan fingerprint density at radius 3 is 2.63 bits per heavy atom. The molecule has 0 saturated heterocycles. The van der Waals surface area contributed by atoms with Gasteiger partial charge in [0.1, 0.15) is 0 Å². The van der Waals surface area contributed by atoms with Crippen molar-refractivity contribution in [3.63, 3.8) is 0 Å². The largest absolute Gasteiger partial charge is 0.384 e. The molecule has 1 saturated carbocycles. The van der Waals surface area contributed by atoms with Gasteiger partial charge in [-0.1, -0.05) is 39.0 Å². The Balaban J connectivity index is 2.06. The SMILES string of the molecule is COCCc1ccccc1NC1CC(C)(C)CC1C. The first kappa shape index (κ1) is 14.4. The highest BCUT2D eigenvalue weighted by Crippen LogP contribution is 2.42. The van der Waals surface area contributed by atoms with Gasteiger partial charge < -0.3 is 10.1 Å². The number of methoxy groups -OCH3 is 1. The van der Waals surface area contributed by atoms with Crippen molar-refractivity contribution in [3.05, 3.63) is 29.8 Å². The Morgan fingerprint density at radius 2 is 2.00 bits per heavy atom. The van der Waals surface area contributed by atoms with E-state index in [1.165, 1.54) is 24.1 Å². The van der Waals surface area contributed by atoms with E-state index < -0.39 is 0 Å². The zero-order chi connectivity index (χ0) is 13.9. The van der Waals surface area contributed by atoms with Crippen LogP contribution in [0.15, 0.2) is 24.3 Å². The third kappa shape index (κ3) is 3.73. The van der Waals surface area contributed by atoms with E-state index in [-0.39, 0.29) is 0 Å². The van der Waals surface area contributed by atoms with Gasteiger partial charge in [-0.2, -0.15) is 0 Å². The van der Waals surface area contributed by atoms with Crippen LogP contribution < -0.4 is 5.32 Å². The predicted molar refractivity (Wildman–Crippen MR) is 81.6 cm³/mol. The molecule has 2 heteroatoms. The summed E-state index contributed by atoms with van der Waals surface area (Å²) < 4.78 is 5.20. The first-order valence-corrected chi connectivity index (χ1v) is 7.35. The Bertz CT molecular complexity index is 413. The molecule has 1 aromatic rings. The summed E-state index contributed by atoms with van der Waals surface area (Å²) in [5, 5.41) is 3.77. The zero-order valence-corrected chi connectivity index (χ0v) is 12.7. The molecule has 0 radical (unpaired) electrons. The molecule has 1 N–H and O–H groups in total. The second kappa shape index (κ2) is 5.96. The average molecular weight is 261 g/mol. The van der Waals surface area contributed by atoms with Crippen LogP contribution in [0.25, 0.3) is 0 Å². The van der Waals surface area contributed by atoms with Gasteiger partial charge in [0.15, 0.2) is 0 Å². The van der Waals surface area contributed by atoms with E-state index in [0.717, 1.165) is 18.9 Å². The van der Waals surface area contributed by atoms with E-state index in [9.17, 15) is 0 Å². The Kier molecular flexibility index (Phi) is 4.51. The number of para-hydroxylation sites is 1. The van der Waals surface area contributed by atoms with Gasteiger partial charge in [0.2, 0.25) is 0 Å². The van der Waals surface area contributed by atoms with Crippen molar-refractivity contribution in [3.8, 4) is 0 Å². The second-order valence-corrected chi connectivity index (χ2v) is 6.70. The van der Waals surface area contributed by atoms with Crippen LogP contribution in [0.4, 0.5) is 5.69 Å². The summed E-state index contributed by atoms with van der Waals surface area (Å²) in [6, 6.07) is 9.22. The van der Waals surface area contributed by atoms with Gasteiger partial charge in [0, 0.05) is 18.8 Å². The number of anilines is 1. The van der Waals surface area contributed by atoms with E-state index in [0.29, 0.717) is 11.5 Å². The molecule has 19 heavy (non-hydrogen) atoms. The molecule has 2 rings (SSSR count). The van der Waals surface area contributed by atoms with Gasteiger partial charge in [0.05, 0.1) is 6.61 Å². The molecule has 106 valence electrons. The lowest BCUT2D eigenvalue weighted by Gasteiger charge is -2.21. The number of hydrogen-bond acceptors (Lipinski definition) is 2. The third-order valence-electron chi connectivity index (χ3n) is 4.27. The van der Waals surface area contributed by atoms with Crippen LogP contribution in [-0.2, 0) is 11.2 Å². The maximum atomic E-state index is 5.20. The molecule has 1 aliphatic rings. The molecule has 2 atom stereocenters. The van der Waals surface area contributed by atoms with Crippen molar-refractivity contribution in [2.45, 2.75) is 46.1 Å². The highest BCUT2D eigenvalue weighted by molar-refractivity contribution is 5.52. The van der Waals surface area contributed by atoms with Gasteiger partial charge >= 0.3 is 0 Å². The van der Waals surface area contributed by atoms with Gasteiger partial charge in [-0.15, -0.1) is 0 Å². The van der Waals surface area contributed by atoms with E-state index >= 15 is 0 Å². The van der Waals surface area contributed by atoms with Crippen molar-refractivity contribution < 1.29 is 4.74 Å². The van der Waals surface area contributed by atoms with Crippen molar-refractivity contribution in [1.82, 2.24) is 0 Å². The smallest absolute Gasteiger partial charge is 0.0503 e. The van der Waals surface area contributed by atoms with E-state index in [2.05, 4.69) is 50.4 Å². The highest BCUT2D eigenvalue weighted by Gasteiger charge is 2.36. The fourth-order valence-electron chi connectivity index (χ4n) is 3.38. The van der Waals surface area contributed by atoms with Gasteiger partial charge in [-0.05, 0) is 42.2 Å². The molecule has 0 aliphatic heterocycles. The number of rotatable bonds is 5. The first-order valence-electron chi connectivity index (χ1n) is 7.35. The fourth-order valence-corrected chi connectivity index (χ4v) is 3.38. The Labute approximate surface area is 117 Å². The van der Waals surface area contributed by atoms with Crippen molar-refractivity contribution in [1.29, 1.82) is 0 Å². The van der Waals surface area contributed by atoms with Crippen LogP contribution >= 0.6 is 0 Å². The van der Waals surface area contributed by atoms with E-state index in [1.54, 1.807) is 7.11 Å². The maximum Gasteiger partial charge on any atom is 0.0503 e. The molecule has 1 fully saturated rings. The molecule has 2 nitrogen and oxygen atoms in total. The lowest BCUT2D eigenvalue weighted by Crippen LogP contribution is -2.23. The minimum Gasteiger partial charge on any atom is -0.384 e. The minimum atomic E-state index is 0.471. The fraction of sp³-hybridized carbons (Fsp3) is 0.647. The average Bonchev–Trinajstić information content (AvgIpc) is 2.61. The summed E-state index contributed by atoms with van der Waals surface area (Å²) in [5.41, 5.74) is 3.12. The molecule has 0 bridgehead atoms. The lowest BCUT2D eigenvalue weighted by atomic mass is 9.91. The third-order valence-corrected chi connectivity index (χ3v) is 4.27. The van der Waals surface area contributed by atoms with Crippen molar-refractivity contribution in [2.24, 2.45) is 11.3 Å². The summed E-state index contributed by atoms with van der Waals surface area (Å²) in [5.74, 6) is 0.741. The second-order valence-electron chi connectivity index (χ2n) is 6.70. The summed E-state index contributed by atoms with van der Waals surface area (Å²) in [6.45, 7) is 7.90. The topological polar surface area (TPSA) is 21.3 Å². The van der Waals surface area contributed by atoms with Crippen LogP contribution in [0.2, 0.25) is 0 Å². The normalized spacial score (nSPS) is 25.5. The summed E-state index contributed by atoms with van der Waals surface area (Å²) >= 11 is 0. The summed E-state index contributed by atoms with van der Waals surface area (Å²) in [6.07, 6.45) is 3.54. The van der Waals surface area contributed by atoms with E-state index in [1.807, 2.05) is 0 Å². The van der Waals surface area contributed by atoms with Gasteiger partial charge in [0.25, 0.3) is 0 Å². The quantitative estimate of drug-likeness (QED) is 0.861. The molecule has 0 heterocycles. The molecule has 0 aromatic heterocycles. The van der Waals surface area contributed by atoms with Crippen LogP contribution in [0, 0.1) is 11.3 Å². The monoisotopic (exact) mass is 261 g/mol. The molecule has 0 amide bonds. The number of hydrogen-bond donors (Lipinski definition) is 1. The Hall–Kier alpha value is -1.02. The minimum absolute atomic E-state index is 0.471.